The molecular weight excluding hydrogens is 364 g/mol. The fourth-order valence-corrected chi connectivity index (χ4v) is 5.99. The zero-order valence-corrected chi connectivity index (χ0v) is 15.9. The molecule has 4 aliphatic rings. The third-order valence-electron chi connectivity index (χ3n) is 6.41. The number of carbonyl (C=O) groups excluding carboxylic acids is 1. The monoisotopic (exact) mass is 390 g/mol. The number of halogens is 1. The molecule has 1 aromatic rings. The normalized spacial score (nSPS) is 35.0. The van der Waals surface area contributed by atoms with Gasteiger partial charge in [-0.2, -0.15) is 0 Å². The summed E-state index contributed by atoms with van der Waals surface area (Å²) < 4.78 is 1.06. The maximum absolute atomic E-state index is 12.4. The molecule has 1 amide bonds. The second-order valence-electron chi connectivity index (χ2n) is 8.39. The number of rotatable bonds is 5. The van der Waals surface area contributed by atoms with Crippen molar-refractivity contribution >= 4 is 21.8 Å². The van der Waals surface area contributed by atoms with Gasteiger partial charge < -0.3 is 10.6 Å². The van der Waals surface area contributed by atoms with E-state index in [-0.39, 0.29) is 17.5 Å². The van der Waals surface area contributed by atoms with Crippen molar-refractivity contribution in [2.45, 2.75) is 57.0 Å². The molecule has 1 atom stereocenters. The van der Waals surface area contributed by atoms with Crippen LogP contribution in [0.3, 0.4) is 0 Å². The fraction of sp³-hybridized carbons (Fsp3) is 0.650. The number of hydrogen-bond acceptors (Lipinski definition) is 2. The first-order valence-corrected chi connectivity index (χ1v) is 10.1. The molecule has 130 valence electrons. The van der Waals surface area contributed by atoms with Gasteiger partial charge in [-0.05, 0) is 80.9 Å². The molecule has 4 fully saturated rings. The molecule has 3 nitrogen and oxygen atoms in total. The molecular formula is C20H27BrN2O. The van der Waals surface area contributed by atoms with Crippen LogP contribution in [-0.2, 0) is 4.79 Å². The van der Waals surface area contributed by atoms with Crippen LogP contribution in [0.1, 0.15) is 57.1 Å². The summed E-state index contributed by atoms with van der Waals surface area (Å²) in [6.07, 6.45) is 8.17. The van der Waals surface area contributed by atoms with E-state index in [4.69, 9.17) is 0 Å². The van der Waals surface area contributed by atoms with Crippen LogP contribution < -0.4 is 10.6 Å². The summed E-state index contributed by atoms with van der Waals surface area (Å²) in [6, 6.07) is 8.20. The van der Waals surface area contributed by atoms with E-state index in [1.54, 1.807) is 0 Å². The van der Waals surface area contributed by atoms with Crippen LogP contribution in [0.25, 0.3) is 0 Å². The van der Waals surface area contributed by atoms with Gasteiger partial charge in [0.15, 0.2) is 0 Å². The molecule has 4 aliphatic carbocycles. The third-order valence-corrected chi connectivity index (χ3v) is 6.94. The minimum Gasteiger partial charge on any atom is -0.348 e. The van der Waals surface area contributed by atoms with E-state index in [1.807, 2.05) is 19.1 Å². The lowest BCUT2D eigenvalue weighted by Crippen LogP contribution is -2.59. The quantitative estimate of drug-likeness (QED) is 0.791. The van der Waals surface area contributed by atoms with Crippen molar-refractivity contribution < 1.29 is 4.79 Å². The van der Waals surface area contributed by atoms with Crippen molar-refractivity contribution in [2.75, 3.05) is 6.54 Å². The molecule has 1 aromatic carbocycles. The van der Waals surface area contributed by atoms with Crippen molar-refractivity contribution in [1.29, 1.82) is 0 Å². The maximum Gasteiger partial charge on any atom is 0.234 e. The van der Waals surface area contributed by atoms with Gasteiger partial charge in [0.05, 0.1) is 12.6 Å². The van der Waals surface area contributed by atoms with E-state index in [0.717, 1.165) is 27.8 Å². The number of carbonyl (C=O) groups is 1. The van der Waals surface area contributed by atoms with Gasteiger partial charge in [-0.25, -0.2) is 0 Å². The Labute approximate surface area is 153 Å². The lowest BCUT2D eigenvalue weighted by molar-refractivity contribution is -0.122. The fourth-order valence-electron chi connectivity index (χ4n) is 5.72. The Morgan fingerprint density at radius 3 is 2.21 bits per heavy atom. The second-order valence-corrected chi connectivity index (χ2v) is 9.31. The molecule has 0 heterocycles. The maximum atomic E-state index is 12.4. The van der Waals surface area contributed by atoms with Crippen LogP contribution in [0, 0.1) is 17.8 Å². The summed E-state index contributed by atoms with van der Waals surface area (Å²) in [7, 11) is 0. The van der Waals surface area contributed by atoms with Gasteiger partial charge in [-0.1, -0.05) is 28.1 Å². The van der Waals surface area contributed by atoms with Gasteiger partial charge in [0.1, 0.15) is 0 Å². The minimum atomic E-state index is 0.0452. The molecule has 2 N–H and O–H groups in total. The van der Waals surface area contributed by atoms with Crippen LogP contribution in [0.15, 0.2) is 28.7 Å². The Morgan fingerprint density at radius 1 is 1.12 bits per heavy atom. The predicted molar refractivity (Wildman–Crippen MR) is 99.6 cm³/mol. The zero-order chi connectivity index (χ0) is 16.7. The Morgan fingerprint density at radius 2 is 1.67 bits per heavy atom. The van der Waals surface area contributed by atoms with Crippen LogP contribution in [0.5, 0.6) is 0 Å². The summed E-state index contributed by atoms with van der Waals surface area (Å²) in [6.45, 7) is 2.50. The summed E-state index contributed by atoms with van der Waals surface area (Å²) >= 11 is 3.45. The first-order chi connectivity index (χ1) is 11.5. The van der Waals surface area contributed by atoms with Crippen molar-refractivity contribution in [3.63, 3.8) is 0 Å². The van der Waals surface area contributed by atoms with Crippen molar-refractivity contribution in [3.05, 3.63) is 34.3 Å². The molecule has 4 bridgehead atoms. The van der Waals surface area contributed by atoms with Crippen molar-refractivity contribution in [1.82, 2.24) is 10.6 Å². The SMILES string of the molecule is C[C@@H](NC(=O)CNC12CC3CC(CC(C3)C1)C2)c1ccc(Br)cc1. The Kier molecular flexibility index (Phi) is 4.46. The summed E-state index contributed by atoms with van der Waals surface area (Å²) in [5, 5.41) is 6.80. The van der Waals surface area contributed by atoms with Gasteiger partial charge in [-0.15, -0.1) is 0 Å². The van der Waals surface area contributed by atoms with E-state index in [1.165, 1.54) is 38.5 Å². The van der Waals surface area contributed by atoms with Gasteiger partial charge in [0.25, 0.3) is 0 Å². The summed E-state index contributed by atoms with van der Waals surface area (Å²) in [5.41, 5.74) is 1.40. The van der Waals surface area contributed by atoms with Gasteiger partial charge in [-0.3, -0.25) is 4.79 Å². The van der Waals surface area contributed by atoms with E-state index < -0.39 is 0 Å². The highest BCUT2D eigenvalue weighted by atomic mass is 79.9. The zero-order valence-electron chi connectivity index (χ0n) is 14.4. The summed E-state index contributed by atoms with van der Waals surface area (Å²) in [5.74, 6) is 2.84. The van der Waals surface area contributed by atoms with Gasteiger partial charge in [0, 0.05) is 10.0 Å². The first kappa shape index (κ1) is 16.6. The first-order valence-electron chi connectivity index (χ1n) is 9.31. The molecule has 0 aliphatic heterocycles. The van der Waals surface area contributed by atoms with Crippen LogP contribution in [-0.4, -0.2) is 18.0 Å². The Bertz CT molecular complexity index is 577. The van der Waals surface area contributed by atoms with Crippen molar-refractivity contribution in [3.8, 4) is 0 Å². The van der Waals surface area contributed by atoms with Gasteiger partial charge in [0.2, 0.25) is 5.91 Å². The lowest BCUT2D eigenvalue weighted by atomic mass is 9.53. The van der Waals surface area contributed by atoms with Crippen LogP contribution in [0.4, 0.5) is 0 Å². The van der Waals surface area contributed by atoms with Crippen LogP contribution in [0.2, 0.25) is 0 Å². The second kappa shape index (κ2) is 6.45. The highest BCUT2D eigenvalue weighted by molar-refractivity contribution is 9.10. The minimum absolute atomic E-state index is 0.0452. The number of amides is 1. The highest BCUT2D eigenvalue weighted by Gasteiger charge is 2.50. The lowest BCUT2D eigenvalue weighted by Gasteiger charge is -2.57. The molecule has 0 unspecified atom stereocenters. The molecule has 0 spiro atoms. The molecule has 5 rings (SSSR count). The molecule has 0 radical (unpaired) electrons. The molecule has 0 aromatic heterocycles. The van der Waals surface area contributed by atoms with E-state index in [9.17, 15) is 4.79 Å². The Balaban J connectivity index is 1.31. The van der Waals surface area contributed by atoms with Crippen LogP contribution >= 0.6 is 15.9 Å². The van der Waals surface area contributed by atoms with Crippen molar-refractivity contribution in [2.24, 2.45) is 17.8 Å². The van der Waals surface area contributed by atoms with E-state index in [2.05, 4.69) is 38.7 Å². The largest absolute Gasteiger partial charge is 0.348 e. The molecule has 24 heavy (non-hydrogen) atoms. The average molecular weight is 391 g/mol. The molecule has 0 saturated heterocycles. The topological polar surface area (TPSA) is 41.1 Å². The Hall–Kier alpha value is -0.870. The van der Waals surface area contributed by atoms with E-state index in [0.29, 0.717) is 6.54 Å². The average Bonchev–Trinajstić information content (AvgIpc) is 2.52. The summed E-state index contributed by atoms with van der Waals surface area (Å²) in [4.78, 5) is 12.4. The number of nitrogens with one attached hydrogen (secondary N) is 2. The van der Waals surface area contributed by atoms with Gasteiger partial charge >= 0.3 is 0 Å². The predicted octanol–water partition coefficient (Wildman–Crippen LogP) is 4.18. The van der Waals surface area contributed by atoms with E-state index >= 15 is 0 Å². The molecule has 4 saturated carbocycles. The number of hydrogen-bond donors (Lipinski definition) is 2. The third kappa shape index (κ3) is 3.41. The standard InChI is InChI=1S/C20H27BrN2O/c1-13(17-2-4-18(21)5-3-17)23-19(24)12-22-20-9-14-6-15(10-20)8-16(7-14)11-20/h2-5,13-16,22H,6-12H2,1H3,(H,23,24)/t13-,14?,15?,16?,20?/m1/s1. The highest BCUT2D eigenvalue weighted by Crippen LogP contribution is 2.55. The molecule has 4 heteroatoms. The number of benzene rings is 1. The smallest absolute Gasteiger partial charge is 0.234 e.